The first-order valence-corrected chi connectivity index (χ1v) is 7.52. The fraction of sp³-hybridized carbons (Fsp3) is 0.667. The van der Waals surface area contributed by atoms with Crippen LogP contribution in [0.1, 0.15) is 25.1 Å². The Hall–Kier alpha value is -1.17. The maximum Gasteiger partial charge on any atom is 0.0594 e. The molecular formula is C15H24N4O. The van der Waals surface area contributed by atoms with E-state index in [9.17, 15) is 0 Å². The average molecular weight is 276 g/mol. The van der Waals surface area contributed by atoms with E-state index >= 15 is 0 Å². The minimum atomic E-state index is 0.00345. The van der Waals surface area contributed by atoms with Gasteiger partial charge < -0.3 is 15.4 Å². The van der Waals surface area contributed by atoms with Crippen LogP contribution in [-0.2, 0) is 4.74 Å². The van der Waals surface area contributed by atoms with Crippen LogP contribution in [0.3, 0.4) is 0 Å². The van der Waals surface area contributed by atoms with Crippen LogP contribution in [0.15, 0.2) is 18.3 Å². The van der Waals surface area contributed by atoms with Crippen molar-refractivity contribution in [1.29, 1.82) is 0 Å². The van der Waals surface area contributed by atoms with E-state index in [4.69, 9.17) is 10.5 Å². The number of morpholine rings is 1. The molecule has 1 aromatic rings. The van der Waals surface area contributed by atoms with Gasteiger partial charge >= 0.3 is 0 Å². The second-order valence-electron chi connectivity index (χ2n) is 5.77. The third kappa shape index (κ3) is 2.95. The van der Waals surface area contributed by atoms with Gasteiger partial charge in [0.15, 0.2) is 0 Å². The fourth-order valence-electron chi connectivity index (χ4n) is 3.07. The minimum absolute atomic E-state index is 0.00345. The zero-order valence-corrected chi connectivity index (χ0v) is 12.2. The van der Waals surface area contributed by atoms with Gasteiger partial charge in [-0.3, -0.25) is 9.88 Å². The van der Waals surface area contributed by atoms with Crippen molar-refractivity contribution in [1.82, 2.24) is 9.88 Å². The Labute approximate surface area is 120 Å². The van der Waals surface area contributed by atoms with Gasteiger partial charge in [0, 0.05) is 38.3 Å². The van der Waals surface area contributed by atoms with E-state index in [2.05, 4.69) is 20.9 Å². The molecule has 0 radical (unpaired) electrons. The smallest absolute Gasteiger partial charge is 0.0594 e. The molecule has 2 N–H and O–H groups in total. The normalized spacial score (nSPS) is 25.9. The van der Waals surface area contributed by atoms with Gasteiger partial charge in [0.25, 0.3) is 0 Å². The second kappa shape index (κ2) is 6.08. The highest BCUT2D eigenvalue weighted by molar-refractivity contribution is 5.46. The van der Waals surface area contributed by atoms with Gasteiger partial charge in [-0.05, 0) is 25.5 Å². The van der Waals surface area contributed by atoms with Gasteiger partial charge in [-0.25, -0.2) is 0 Å². The first-order valence-electron chi connectivity index (χ1n) is 7.52. The number of ether oxygens (including phenoxy) is 1. The minimum Gasteiger partial charge on any atom is -0.379 e. The summed E-state index contributed by atoms with van der Waals surface area (Å²) in [4.78, 5) is 9.45. The lowest BCUT2D eigenvalue weighted by Crippen LogP contribution is -2.44. The van der Waals surface area contributed by atoms with Crippen LogP contribution < -0.4 is 10.6 Å². The van der Waals surface area contributed by atoms with Gasteiger partial charge in [-0.2, -0.15) is 0 Å². The Balaban J connectivity index is 1.61. The molecule has 0 aromatic carbocycles. The van der Waals surface area contributed by atoms with E-state index in [1.54, 1.807) is 0 Å². The first-order chi connectivity index (χ1) is 9.74. The molecule has 3 rings (SSSR count). The number of pyridine rings is 1. The van der Waals surface area contributed by atoms with Crippen LogP contribution in [-0.4, -0.2) is 55.3 Å². The standard InChI is InChI=1S/C15H24N4O/c1-12(16)15-3-2-13(10-17-15)19-5-4-14(11-19)18-6-8-20-9-7-18/h2-3,10,12,14H,4-9,11,16H2,1H3/t12-,14?/m1/s1. The number of aromatic nitrogens is 1. The maximum absolute atomic E-state index is 5.84. The Morgan fingerprint density at radius 1 is 1.30 bits per heavy atom. The van der Waals surface area contributed by atoms with Gasteiger partial charge in [-0.1, -0.05) is 0 Å². The summed E-state index contributed by atoms with van der Waals surface area (Å²) in [7, 11) is 0. The number of nitrogens with zero attached hydrogens (tertiary/aromatic N) is 3. The number of rotatable bonds is 3. The molecule has 0 saturated carbocycles. The van der Waals surface area contributed by atoms with Crippen LogP contribution in [0.5, 0.6) is 0 Å². The lowest BCUT2D eigenvalue weighted by Gasteiger charge is -2.32. The van der Waals surface area contributed by atoms with Crippen molar-refractivity contribution in [3.8, 4) is 0 Å². The molecule has 2 aliphatic rings. The quantitative estimate of drug-likeness (QED) is 0.893. The van der Waals surface area contributed by atoms with Crippen LogP contribution >= 0.6 is 0 Å². The lowest BCUT2D eigenvalue weighted by molar-refractivity contribution is 0.0209. The van der Waals surface area contributed by atoms with Gasteiger partial charge in [0.1, 0.15) is 0 Å². The zero-order chi connectivity index (χ0) is 13.9. The Bertz CT molecular complexity index is 428. The molecule has 1 aromatic heterocycles. The maximum atomic E-state index is 5.84. The zero-order valence-electron chi connectivity index (χ0n) is 12.2. The molecule has 0 aliphatic carbocycles. The molecule has 110 valence electrons. The molecule has 2 atom stereocenters. The fourth-order valence-corrected chi connectivity index (χ4v) is 3.07. The highest BCUT2D eigenvalue weighted by atomic mass is 16.5. The largest absolute Gasteiger partial charge is 0.379 e. The summed E-state index contributed by atoms with van der Waals surface area (Å²) >= 11 is 0. The predicted molar refractivity (Wildman–Crippen MR) is 79.8 cm³/mol. The van der Waals surface area contributed by atoms with E-state index < -0.39 is 0 Å². The molecule has 20 heavy (non-hydrogen) atoms. The van der Waals surface area contributed by atoms with E-state index in [0.29, 0.717) is 6.04 Å². The third-order valence-corrected chi connectivity index (χ3v) is 4.33. The summed E-state index contributed by atoms with van der Waals surface area (Å²) in [6, 6.07) is 4.85. The topological polar surface area (TPSA) is 54.6 Å². The SMILES string of the molecule is C[C@@H](N)c1ccc(N2CCC(N3CCOCC3)C2)cn1. The van der Waals surface area contributed by atoms with Crippen LogP contribution in [0.25, 0.3) is 0 Å². The summed E-state index contributed by atoms with van der Waals surface area (Å²) < 4.78 is 5.43. The van der Waals surface area contributed by atoms with Crippen molar-refractivity contribution in [3.63, 3.8) is 0 Å². The number of hydrogen-bond donors (Lipinski definition) is 1. The summed E-state index contributed by atoms with van der Waals surface area (Å²) in [6.07, 6.45) is 3.19. The van der Waals surface area contributed by atoms with Gasteiger partial charge in [0.2, 0.25) is 0 Å². The number of nitrogens with two attached hydrogens (primary N) is 1. The molecule has 1 unspecified atom stereocenters. The second-order valence-corrected chi connectivity index (χ2v) is 5.77. The van der Waals surface area contributed by atoms with E-state index in [1.165, 1.54) is 12.1 Å². The molecule has 2 saturated heterocycles. The molecule has 2 aliphatic heterocycles. The van der Waals surface area contributed by atoms with E-state index in [0.717, 1.165) is 45.1 Å². The molecular weight excluding hydrogens is 252 g/mol. The van der Waals surface area contributed by atoms with Gasteiger partial charge in [-0.15, -0.1) is 0 Å². The Kier molecular flexibility index (Phi) is 4.19. The Morgan fingerprint density at radius 2 is 2.10 bits per heavy atom. The molecule has 0 bridgehead atoms. The van der Waals surface area contributed by atoms with E-state index in [-0.39, 0.29) is 6.04 Å². The highest BCUT2D eigenvalue weighted by Gasteiger charge is 2.28. The van der Waals surface area contributed by atoms with E-state index in [1.807, 2.05) is 19.2 Å². The van der Waals surface area contributed by atoms with Crippen LogP contribution in [0.2, 0.25) is 0 Å². The molecule has 0 amide bonds. The molecule has 3 heterocycles. The van der Waals surface area contributed by atoms with Crippen molar-refractivity contribution < 1.29 is 4.74 Å². The third-order valence-electron chi connectivity index (χ3n) is 4.33. The summed E-state index contributed by atoms with van der Waals surface area (Å²) in [5.41, 5.74) is 8.01. The van der Waals surface area contributed by atoms with Crippen molar-refractivity contribution in [2.45, 2.75) is 25.4 Å². The molecule has 2 fully saturated rings. The van der Waals surface area contributed by atoms with Crippen molar-refractivity contribution >= 4 is 5.69 Å². The van der Waals surface area contributed by atoms with Crippen molar-refractivity contribution in [2.24, 2.45) is 5.73 Å². The lowest BCUT2D eigenvalue weighted by atomic mass is 10.2. The van der Waals surface area contributed by atoms with Crippen LogP contribution in [0, 0.1) is 0 Å². The molecule has 0 spiro atoms. The Morgan fingerprint density at radius 3 is 2.75 bits per heavy atom. The first kappa shape index (κ1) is 13.8. The number of hydrogen-bond acceptors (Lipinski definition) is 5. The van der Waals surface area contributed by atoms with Gasteiger partial charge in [0.05, 0.1) is 30.8 Å². The highest BCUT2D eigenvalue weighted by Crippen LogP contribution is 2.23. The average Bonchev–Trinajstić information content (AvgIpc) is 2.98. The monoisotopic (exact) mass is 276 g/mol. The van der Waals surface area contributed by atoms with Crippen LogP contribution in [0.4, 0.5) is 5.69 Å². The molecule has 5 heteroatoms. The predicted octanol–water partition coefficient (Wildman–Crippen LogP) is 1.01. The summed E-state index contributed by atoms with van der Waals surface area (Å²) in [5, 5.41) is 0. The number of anilines is 1. The summed E-state index contributed by atoms with van der Waals surface area (Å²) in [6.45, 7) is 8.07. The molecule has 5 nitrogen and oxygen atoms in total. The summed E-state index contributed by atoms with van der Waals surface area (Å²) in [5.74, 6) is 0. The van der Waals surface area contributed by atoms with Crippen molar-refractivity contribution in [3.05, 3.63) is 24.0 Å². The van der Waals surface area contributed by atoms with Crippen molar-refractivity contribution in [2.75, 3.05) is 44.3 Å².